The molecular formula is C21H27FN7O7P. The van der Waals surface area contributed by atoms with Crippen LogP contribution in [0.3, 0.4) is 0 Å². The van der Waals surface area contributed by atoms with Crippen molar-refractivity contribution >= 4 is 36.6 Å². The number of carboxylic acid groups (broad SMARTS) is 1. The van der Waals surface area contributed by atoms with E-state index in [9.17, 15) is 19.6 Å². The van der Waals surface area contributed by atoms with Gasteiger partial charge in [0.1, 0.15) is 24.0 Å². The van der Waals surface area contributed by atoms with Crippen LogP contribution in [0.2, 0.25) is 0 Å². The average molecular weight is 539 g/mol. The van der Waals surface area contributed by atoms with Gasteiger partial charge in [0.25, 0.3) is 0 Å². The number of ether oxygens (including phenoxy) is 1. The fourth-order valence-corrected chi connectivity index (χ4v) is 5.31. The number of imidazole rings is 1. The number of carboxylic acids is 1. The molecule has 1 unspecified atom stereocenters. The summed E-state index contributed by atoms with van der Waals surface area (Å²) in [5.41, 5.74) is 3.87. The Balaban J connectivity index is 1.58. The average Bonchev–Trinajstić information content (AvgIpc) is 3.35. The van der Waals surface area contributed by atoms with Gasteiger partial charge in [-0.15, -0.1) is 0 Å². The fraction of sp³-hybridized carbons (Fsp3) is 0.429. The highest BCUT2D eigenvalue weighted by atomic mass is 31.2. The maximum absolute atomic E-state index is 15.8. The van der Waals surface area contributed by atoms with Gasteiger partial charge < -0.3 is 30.5 Å². The van der Waals surface area contributed by atoms with Crippen LogP contribution in [0.4, 0.5) is 16.2 Å². The van der Waals surface area contributed by atoms with E-state index in [0.717, 1.165) is 6.92 Å². The molecule has 0 radical (unpaired) electrons. The molecule has 6 N–H and O–H groups in total. The number of benzene rings is 1. The number of aliphatic carboxylic acids is 1. The number of rotatable bonds is 10. The number of nitrogens with two attached hydrogens (primary N) is 1. The molecule has 1 fully saturated rings. The quantitative estimate of drug-likeness (QED) is 0.234. The zero-order valence-electron chi connectivity index (χ0n) is 20.1. The molecule has 1 saturated heterocycles. The van der Waals surface area contributed by atoms with E-state index in [2.05, 4.69) is 25.4 Å². The first kappa shape index (κ1) is 26.7. The summed E-state index contributed by atoms with van der Waals surface area (Å²) in [4.78, 5) is 23.7. The number of halogens is 1. The van der Waals surface area contributed by atoms with Crippen LogP contribution in [0.25, 0.3) is 11.2 Å². The fourth-order valence-electron chi connectivity index (χ4n) is 3.80. The highest BCUT2D eigenvalue weighted by Gasteiger charge is 2.56. The lowest BCUT2D eigenvalue weighted by molar-refractivity contribution is -0.138. The molecule has 4 rings (SSSR count). The Kier molecular flexibility index (Phi) is 7.35. The number of para-hydroxylation sites is 1. The number of hydrogen-bond donors (Lipinski definition) is 5. The number of aliphatic hydroxyl groups excluding tert-OH is 1. The Labute approximate surface area is 210 Å². The van der Waals surface area contributed by atoms with Crippen molar-refractivity contribution in [3.05, 3.63) is 36.7 Å². The molecule has 0 bridgehead atoms. The minimum absolute atomic E-state index is 0.0878. The molecule has 0 spiro atoms. The second-order valence-electron chi connectivity index (χ2n) is 8.51. The lowest BCUT2D eigenvalue weighted by Crippen LogP contribution is -2.41. The molecule has 14 nitrogen and oxygen atoms in total. The van der Waals surface area contributed by atoms with Gasteiger partial charge in [-0.1, -0.05) is 18.2 Å². The summed E-state index contributed by atoms with van der Waals surface area (Å²) in [5, 5.41) is 25.1. The molecule has 1 aliphatic heterocycles. The zero-order valence-corrected chi connectivity index (χ0v) is 21.0. The van der Waals surface area contributed by atoms with Crippen LogP contribution in [-0.4, -0.2) is 73.3 Å². The Hall–Kier alpha value is -3.36. The van der Waals surface area contributed by atoms with E-state index in [1.807, 2.05) is 0 Å². The predicted molar refractivity (Wildman–Crippen MR) is 130 cm³/mol. The molecule has 3 heterocycles. The van der Waals surface area contributed by atoms with Gasteiger partial charge in [-0.05, 0) is 26.0 Å². The predicted octanol–water partition coefficient (Wildman–Crippen LogP) is 1.70. The first-order valence-corrected chi connectivity index (χ1v) is 12.7. The number of aromatic nitrogens is 4. The van der Waals surface area contributed by atoms with E-state index in [0.29, 0.717) is 11.3 Å². The third-order valence-corrected chi connectivity index (χ3v) is 7.39. The number of anilines is 2. The van der Waals surface area contributed by atoms with Crippen LogP contribution < -0.4 is 20.7 Å². The summed E-state index contributed by atoms with van der Waals surface area (Å²) in [5.74, 6) is -0.934. The molecule has 2 aromatic heterocycles. The first-order chi connectivity index (χ1) is 17.4. The van der Waals surface area contributed by atoms with E-state index in [1.165, 1.54) is 30.0 Å². The number of nitrogen functional groups attached to an aromatic ring is 1. The highest BCUT2D eigenvalue weighted by Crippen LogP contribution is 2.48. The van der Waals surface area contributed by atoms with E-state index in [1.54, 1.807) is 25.2 Å². The molecule has 6 atom stereocenters. The van der Waals surface area contributed by atoms with Crippen LogP contribution in [0, 0.1) is 0 Å². The summed E-state index contributed by atoms with van der Waals surface area (Å²) in [6.45, 7) is 1.77. The SMILES string of the molecule is CNc1nc(N)nc2c1ncn2[C@@H]1O[C@H](COP(=O)(N[C@@H](C)C(=O)O)Oc2ccccc2)[C@@H](O)[C@@]1(C)F. The van der Waals surface area contributed by atoms with E-state index >= 15 is 4.39 Å². The zero-order chi connectivity index (χ0) is 27.0. The van der Waals surface area contributed by atoms with E-state index < -0.39 is 50.5 Å². The van der Waals surface area contributed by atoms with E-state index in [-0.39, 0.29) is 17.3 Å². The van der Waals surface area contributed by atoms with Gasteiger partial charge in [0.2, 0.25) is 5.95 Å². The van der Waals surface area contributed by atoms with Crippen LogP contribution in [-0.2, 0) is 18.6 Å². The lowest BCUT2D eigenvalue weighted by Gasteiger charge is -2.25. The maximum Gasteiger partial charge on any atom is 0.459 e. The second kappa shape index (κ2) is 10.2. The van der Waals surface area contributed by atoms with Crippen molar-refractivity contribution in [2.75, 3.05) is 24.7 Å². The number of carbonyl (C=O) groups is 1. The first-order valence-electron chi connectivity index (χ1n) is 11.1. The van der Waals surface area contributed by atoms with Gasteiger partial charge in [0.05, 0.1) is 12.9 Å². The van der Waals surface area contributed by atoms with Crippen molar-refractivity contribution in [2.45, 2.75) is 44.0 Å². The molecule has 1 aromatic carbocycles. The summed E-state index contributed by atoms with van der Waals surface area (Å²) in [7, 11) is -2.71. The van der Waals surface area contributed by atoms with Crippen molar-refractivity contribution in [1.29, 1.82) is 0 Å². The van der Waals surface area contributed by atoms with Crippen molar-refractivity contribution < 1.29 is 37.7 Å². The smallest absolute Gasteiger partial charge is 0.459 e. The van der Waals surface area contributed by atoms with Crippen LogP contribution in [0.1, 0.15) is 20.1 Å². The highest BCUT2D eigenvalue weighted by molar-refractivity contribution is 7.52. The van der Waals surface area contributed by atoms with Crippen molar-refractivity contribution in [2.24, 2.45) is 0 Å². The number of aliphatic hydroxyl groups is 1. The Morgan fingerprint density at radius 2 is 2.08 bits per heavy atom. The molecule has 3 aromatic rings. The normalized spacial score (nSPS) is 26.0. The Bertz CT molecular complexity index is 1330. The van der Waals surface area contributed by atoms with Gasteiger partial charge in [-0.25, -0.2) is 13.9 Å². The van der Waals surface area contributed by atoms with Crippen molar-refractivity contribution in [3.63, 3.8) is 0 Å². The third-order valence-electron chi connectivity index (χ3n) is 5.74. The molecule has 0 amide bonds. The van der Waals surface area contributed by atoms with Crippen molar-refractivity contribution in [1.82, 2.24) is 24.6 Å². The molecule has 0 saturated carbocycles. The summed E-state index contributed by atoms with van der Waals surface area (Å²) < 4.78 is 47.2. The molecule has 37 heavy (non-hydrogen) atoms. The minimum atomic E-state index is -4.32. The molecule has 0 aliphatic carbocycles. The van der Waals surface area contributed by atoms with Crippen LogP contribution >= 0.6 is 7.75 Å². The number of fused-ring (bicyclic) bond motifs is 1. The number of nitrogens with zero attached hydrogens (tertiary/aromatic N) is 4. The maximum atomic E-state index is 15.8. The lowest BCUT2D eigenvalue weighted by atomic mass is 9.98. The Morgan fingerprint density at radius 3 is 2.73 bits per heavy atom. The third kappa shape index (κ3) is 5.36. The number of hydrogen-bond acceptors (Lipinski definition) is 11. The van der Waals surface area contributed by atoms with Gasteiger partial charge >= 0.3 is 13.7 Å². The van der Waals surface area contributed by atoms with Gasteiger partial charge in [-0.3, -0.25) is 13.9 Å². The van der Waals surface area contributed by atoms with Crippen LogP contribution in [0.15, 0.2) is 36.7 Å². The number of nitrogens with one attached hydrogen (secondary N) is 2. The summed E-state index contributed by atoms with van der Waals surface area (Å²) >= 11 is 0. The standard InChI is InChI=1S/C21H27FN7O7P/c1-11(18(31)32)28-37(33,36-12-7-5-4-6-8-12)34-9-13-15(30)21(2,22)19(35-13)29-10-25-14-16(24-3)26-20(23)27-17(14)29/h4-8,10-11,13,15,19,30H,9H2,1-3H3,(H,28,33)(H,31,32)(H3,23,24,26,27)/t11-,13+,15+,19+,21+,37?/m0/s1. The molecule has 200 valence electrons. The summed E-state index contributed by atoms with van der Waals surface area (Å²) in [6.07, 6.45) is -3.20. The van der Waals surface area contributed by atoms with Crippen LogP contribution in [0.5, 0.6) is 5.75 Å². The van der Waals surface area contributed by atoms with Gasteiger partial charge in [0, 0.05) is 7.05 Å². The summed E-state index contributed by atoms with van der Waals surface area (Å²) in [6, 6.07) is 6.62. The number of alkyl halides is 1. The van der Waals surface area contributed by atoms with Crippen molar-refractivity contribution in [3.8, 4) is 5.75 Å². The molecular weight excluding hydrogens is 512 g/mol. The molecule has 1 aliphatic rings. The topological polar surface area (TPSA) is 196 Å². The second-order valence-corrected chi connectivity index (χ2v) is 10.2. The minimum Gasteiger partial charge on any atom is -0.480 e. The van der Waals surface area contributed by atoms with Gasteiger partial charge in [0.15, 0.2) is 28.9 Å². The van der Waals surface area contributed by atoms with Gasteiger partial charge in [-0.2, -0.15) is 15.1 Å². The van der Waals surface area contributed by atoms with E-state index in [4.69, 9.17) is 19.5 Å². The molecule has 16 heteroatoms. The largest absolute Gasteiger partial charge is 0.480 e. The monoisotopic (exact) mass is 539 g/mol. The Morgan fingerprint density at radius 1 is 1.38 bits per heavy atom.